The molecule has 0 saturated carbocycles. The van der Waals surface area contributed by atoms with Crippen LogP contribution < -0.4 is 0 Å². The third kappa shape index (κ3) is 2.90. The number of benzene rings is 1. The molecule has 0 spiro atoms. The Morgan fingerprint density at radius 3 is 2.20 bits per heavy atom. The Morgan fingerprint density at radius 1 is 0.933 bits per heavy atom. The van der Waals surface area contributed by atoms with Crippen LogP contribution in [0, 0.1) is 5.92 Å². The van der Waals surface area contributed by atoms with Crippen LogP contribution in [-0.2, 0) is 19.5 Å². The molecule has 0 aliphatic carbocycles. The van der Waals surface area contributed by atoms with Gasteiger partial charge in [0.2, 0.25) is 0 Å². The summed E-state index contributed by atoms with van der Waals surface area (Å²) in [5.74, 6) is 1.26. The molecule has 1 aromatic heterocycles. The van der Waals surface area contributed by atoms with Gasteiger partial charge >= 0.3 is 0 Å². The predicted octanol–water partition coefficient (Wildman–Crippen LogP) is 3.07. The predicted molar refractivity (Wildman–Crippen MR) is 57.8 cm³/mol. The molecule has 0 fully saturated rings. The van der Waals surface area contributed by atoms with Gasteiger partial charge in [0.05, 0.1) is 0 Å². The van der Waals surface area contributed by atoms with Crippen LogP contribution in [0.4, 0.5) is 0 Å². The number of rotatable bonds is 2. The van der Waals surface area contributed by atoms with Crippen molar-refractivity contribution in [2.75, 3.05) is 0 Å². The van der Waals surface area contributed by atoms with Gasteiger partial charge in [0.15, 0.2) is 0 Å². The summed E-state index contributed by atoms with van der Waals surface area (Å²) in [6.07, 6.45) is 3.68. The fourth-order valence-electron chi connectivity index (χ4n) is 1.44. The molecule has 0 aliphatic heterocycles. The molecule has 1 aromatic carbocycles. The second-order valence-electron chi connectivity index (χ2n) is 3.23. The van der Waals surface area contributed by atoms with E-state index in [2.05, 4.69) is 42.2 Å². The molecule has 0 amide bonds. The Kier molecular flexibility index (Phi) is 4.51. The van der Waals surface area contributed by atoms with Crippen LogP contribution in [0.25, 0.3) is 0 Å². The molecule has 79 valence electrons. The van der Waals surface area contributed by atoms with Gasteiger partial charge in [-0.2, -0.15) is 0 Å². The van der Waals surface area contributed by atoms with Gasteiger partial charge in [-0.1, -0.05) is 31.2 Å². The van der Waals surface area contributed by atoms with E-state index in [1.54, 1.807) is 6.20 Å². The molecular formula is C13H12NRh-. The van der Waals surface area contributed by atoms with Gasteiger partial charge in [0.1, 0.15) is 0 Å². The fourth-order valence-corrected chi connectivity index (χ4v) is 1.44. The largest absolute Gasteiger partial charge is 0.303 e. The first-order valence-electron chi connectivity index (χ1n) is 4.67. The average molecular weight is 285 g/mol. The quantitative estimate of drug-likeness (QED) is 0.610. The van der Waals surface area contributed by atoms with Gasteiger partial charge in [0.25, 0.3) is 0 Å². The van der Waals surface area contributed by atoms with E-state index in [0.717, 1.165) is 0 Å². The van der Waals surface area contributed by atoms with Crippen molar-refractivity contribution in [2.24, 2.45) is 0 Å². The number of hydrogen-bond donors (Lipinski definition) is 0. The monoisotopic (exact) mass is 285 g/mol. The van der Waals surface area contributed by atoms with Gasteiger partial charge in [0, 0.05) is 25.7 Å². The van der Waals surface area contributed by atoms with E-state index >= 15 is 0 Å². The Hall–Kier alpha value is -1.14. The van der Waals surface area contributed by atoms with Crippen molar-refractivity contribution in [2.45, 2.75) is 6.92 Å². The summed E-state index contributed by atoms with van der Waals surface area (Å²) < 4.78 is 0. The van der Waals surface area contributed by atoms with Crippen molar-refractivity contribution < 1.29 is 19.5 Å². The summed E-state index contributed by atoms with van der Waals surface area (Å²) in [5, 5.41) is 0. The van der Waals surface area contributed by atoms with Crippen LogP contribution >= 0.6 is 0 Å². The molecule has 0 bridgehead atoms. The van der Waals surface area contributed by atoms with Crippen molar-refractivity contribution in [3.8, 4) is 0 Å². The molecule has 2 heteroatoms. The Labute approximate surface area is 103 Å². The Balaban J connectivity index is 0.00000112. The fraction of sp³-hybridized carbons (Fsp3) is 0.0769. The van der Waals surface area contributed by atoms with Gasteiger partial charge in [-0.25, -0.2) is 0 Å². The third-order valence-corrected chi connectivity index (χ3v) is 2.30. The van der Waals surface area contributed by atoms with Crippen LogP contribution in [0.5, 0.6) is 0 Å². The van der Waals surface area contributed by atoms with E-state index in [9.17, 15) is 0 Å². The molecule has 2 rings (SSSR count). The zero-order chi connectivity index (χ0) is 9.80. The third-order valence-electron chi connectivity index (χ3n) is 2.30. The minimum atomic E-state index is 0. The molecule has 0 N–H and O–H groups in total. The average Bonchev–Trinajstić information content (AvgIpc) is 2.30. The number of aromatic nitrogens is 1. The molecule has 1 nitrogen and oxygen atoms in total. The summed E-state index contributed by atoms with van der Waals surface area (Å²) in [7, 11) is 0. The first kappa shape index (κ1) is 11.9. The van der Waals surface area contributed by atoms with E-state index in [0.29, 0.717) is 0 Å². The molecule has 2 aromatic rings. The summed E-state index contributed by atoms with van der Waals surface area (Å²) in [6.45, 7) is 2.12. The van der Waals surface area contributed by atoms with Crippen LogP contribution in [0.3, 0.4) is 0 Å². The SMILES string of the molecule is C[C-](c1ccccc1)c1cccnc1.[Rh]. The second kappa shape index (κ2) is 5.67. The summed E-state index contributed by atoms with van der Waals surface area (Å²) in [4.78, 5) is 4.11. The number of pyridine rings is 1. The minimum absolute atomic E-state index is 0. The van der Waals surface area contributed by atoms with E-state index < -0.39 is 0 Å². The van der Waals surface area contributed by atoms with Gasteiger partial charge < -0.3 is 4.98 Å². The van der Waals surface area contributed by atoms with Gasteiger partial charge in [-0.3, -0.25) is 0 Å². The maximum atomic E-state index is 4.11. The molecule has 1 heterocycles. The first-order chi connectivity index (χ1) is 6.88. The first-order valence-corrected chi connectivity index (χ1v) is 4.67. The van der Waals surface area contributed by atoms with Crippen molar-refractivity contribution >= 4 is 0 Å². The summed E-state index contributed by atoms with van der Waals surface area (Å²) in [6, 6.07) is 14.4. The maximum Gasteiger partial charge on any atom is 0.0102 e. The molecule has 0 atom stereocenters. The van der Waals surface area contributed by atoms with Gasteiger partial charge in [-0.15, -0.1) is 35.2 Å². The van der Waals surface area contributed by atoms with E-state index in [1.165, 1.54) is 17.0 Å². The summed E-state index contributed by atoms with van der Waals surface area (Å²) >= 11 is 0. The van der Waals surface area contributed by atoms with E-state index in [-0.39, 0.29) is 19.5 Å². The second-order valence-corrected chi connectivity index (χ2v) is 3.23. The zero-order valence-electron chi connectivity index (χ0n) is 8.48. The minimum Gasteiger partial charge on any atom is -0.303 e. The Bertz CT molecular complexity index is 346. The molecule has 1 radical (unpaired) electrons. The van der Waals surface area contributed by atoms with Crippen molar-refractivity contribution in [1.82, 2.24) is 4.98 Å². The van der Waals surface area contributed by atoms with Gasteiger partial charge in [-0.05, 0) is 6.20 Å². The van der Waals surface area contributed by atoms with Crippen LogP contribution in [0.1, 0.15) is 18.1 Å². The van der Waals surface area contributed by atoms with E-state index in [1.807, 2.05) is 18.3 Å². The smallest absolute Gasteiger partial charge is 0.0102 e. The topological polar surface area (TPSA) is 12.9 Å². The van der Waals surface area contributed by atoms with Crippen molar-refractivity contribution in [3.63, 3.8) is 0 Å². The standard InChI is InChI=1S/C13H12N.Rh/c1-11(12-6-3-2-4-7-12)13-8-5-9-14-10-13;/h2-10H,1H3;/q-1;. The van der Waals surface area contributed by atoms with Crippen LogP contribution in [-0.4, -0.2) is 4.98 Å². The van der Waals surface area contributed by atoms with Crippen LogP contribution in [0.2, 0.25) is 0 Å². The molecule has 15 heavy (non-hydrogen) atoms. The molecule has 0 aliphatic rings. The van der Waals surface area contributed by atoms with Crippen LogP contribution in [0.15, 0.2) is 54.9 Å². The zero-order valence-corrected chi connectivity index (χ0v) is 10.1. The molecule has 0 unspecified atom stereocenters. The Morgan fingerprint density at radius 2 is 1.60 bits per heavy atom. The molecular weight excluding hydrogens is 273 g/mol. The van der Waals surface area contributed by atoms with Crippen molar-refractivity contribution in [1.29, 1.82) is 0 Å². The number of nitrogens with zero attached hydrogens (tertiary/aromatic N) is 1. The normalized spacial score (nSPS) is 9.13. The van der Waals surface area contributed by atoms with E-state index in [4.69, 9.17) is 0 Å². The maximum absolute atomic E-state index is 4.11. The number of hydrogen-bond acceptors (Lipinski definition) is 1. The summed E-state index contributed by atoms with van der Waals surface area (Å²) in [5.41, 5.74) is 2.43. The van der Waals surface area contributed by atoms with Crippen molar-refractivity contribution in [3.05, 3.63) is 71.9 Å². The molecule has 0 saturated heterocycles.